The Morgan fingerprint density at radius 3 is 2.63 bits per heavy atom. The van der Waals surface area contributed by atoms with Gasteiger partial charge in [-0.15, -0.1) is 11.3 Å². The fourth-order valence-electron chi connectivity index (χ4n) is 3.33. The summed E-state index contributed by atoms with van der Waals surface area (Å²) in [5.74, 6) is 0. The van der Waals surface area contributed by atoms with Gasteiger partial charge in [0.25, 0.3) is 0 Å². The summed E-state index contributed by atoms with van der Waals surface area (Å²) >= 11 is 1.84. The molecule has 0 bridgehead atoms. The van der Waals surface area contributed by atoms with Crippen LogP contribution in [0.2, 0.25) is 0 Å². The van der Waals surface area contributed by atoms with Crippen molar-refractivity contribution in [3.05, 3.63) is 47.3 Å². The highest BCUT2D eigenvalue weighted by atomic mass is 127. The topological polar surface area (TPSA) is 29.7 Å². The van der Waals surface area contributed by atoms with Crippen LogP contribution in [0.4, 0.5) is 0 Å². The van der Waals surface area contributed by atoms with E-state index in [-0.39, 0.29) is 24.0 Å². The first-order valence-corrected chi connectivity index (χ1v) is 10.5. The molecule has 2 aliphatic rings. The van der Waals surface area contributed by atoms with Gasteiger partial charge in [0.15, 0.2) is 0 Å². The SMILES string of the molecule is CCN(CC)CCCC(C)N=c1ccc2[nH+]c3ccc(C)cc3sc-2c1.[I-]. The molecule has 0 amide bonds. The highest BCUT2D eigenvalue weighted by molar-refractivity contribution is 7.21. The van der Waals surface area contributed by atoms with Crippen LogP contribution in [0.1, 0.15) is 39.2 Å². The lowest BCUT2D eigenvalue weighted by Crippen LogP contribution is -3.00. The minimum absolute atomic E-state index is 0. The molecule has 0 saturated heterocycles. The first-order chi connectivity index (χ1) is 12.6. The third kappa shape index (κ3) is 5.96. The molecule has 27 heavy (non-hydrogen) atoms. The van der Waals surface area contributed by atoms with E-state index in [1.54, 1.807) is 0 Å². The molecule has 0 aromatic heterocycles. The minimum atomic E-state index is 0. The van der Waals surface area contributed by atoms with Crippen molar-refractivity contribution < 1.29 is 29.0 Å². The molecule has 146 valence electrons. The van der Waals surface area contributed by atoms with Crippen molar-refractivity contribution in [1.82, 2.24) is 4.90 Å². The lowest BCUT2D eigenvalue weighted by atomic mass is 10.1. The molecule has 5 heteroatoms. The third-order valence-corrected chi connectivity index (χ3v) is 6.07. The number of nitrogens with one attached hydrogen (secondary N) is 1. The summed E-state index contributed by atoms with van der Waals surface area (Å²) in [6.07, 6.45) is 2.35. The lowest BCUT2D eigenvalue weighted by Gasteiger charge is -2.18. The van der Waals surface area contributed by atoms with Crippen molar-refractivity contribution in [1.29, 1.82) is 0 Å². The van der Waals surface area contributed by atoms with Crippen LogP contribution in [0.3, 0.4) is 0 Å². The zero-order chi connectivity index (χ0) is 18.5. The van der Waals surface area contributed by atoms with Gasteiger partial charge in [-0.1, -0.05) is 19.9 Å². The molecule has 0 spiro atoms. The number of halogens is 1. The molecule has 1 aliphatic heterocycles. The molecule has 0 saturated carbocycles. The third-order valence-electron chi connectivity index (χ3n) is 4.95. The highest BCUT2D eigenvalue weighted by Gasteiger charge is 2.13. The van der Waals surface area contributed by atoms with Crippen LogP contribution >= 0.6 is 11.3 Å². The number of aryl methyl sites for hydroxylation is 1. The van der Waals surface area contributed by atoms with Crippen LogP contribution < -0.4 is 34.3 Å². The molecular weight excluding hydrogens is 465 g/mol. The molecule has 1 aliphatic carbocycles. The van der Waals surface area contributed by atoms with Crippen molar-refractivity contribution >= 4 is 21.6 Å². The maximum Gasteiger partial charge on any atom is 0.221 e. The molecule has 0 fully saturated rings. The molecule has 1 N–H and O–H groups in total. The van der Waals surface area contributed by atoms with Crippen molar-refractivity contribution in [3.8, 4) is 10.6 Å². The van der Waals surface area contributed by atoms with Gasteiger partial charge < -0.3 is 28.9 Å². The maximum atomic E-state index is 4.93. The first kappa shape index (κ1) is 22.2. The van der Waals surface area contributed by atoms with Gasteiger partial charge in [0.05, 0.1) is 10.1 Å². The molecule has 1 aromatic rings. The van der Waals surface area contributed by atoms with Gasteiger partial charge in [0.2, 0.25) is 11.2 Å². The van der Waals surface area contributed by atoms with Crippen molar-refractivity contribution in [3.63, 3.8) is 0 Å². The Morgan fingerprint density at radius 2 is 1.89 bits per heavy atom. The predicted molar refractivity (Wildman–Crippen MR) is 112 cm³/mol. The highest BCUT2D eigenvalue weighted by Crippen LogP contribution is 2.27. The Bertz CT molecular complexity index is 902. The molecule has 3 rings (SSSR count). The molecule has 1 unspecified atom stereocenters. The Labute approximate surface area is 183 Å². The van der Waals surface area contributed by atoms with Crippen LogP contribution in [0.15, 0.2) is 41.4 Å². The van der Waals surface area contributed by atoms with Gasteiger partial charge in [-0.25, -0.2) is 4.98 Å². The standard InChI is InChI=1S/C22H29N3S.HI/c1-5-25(6-2)13-7-8-17(4)23-18-10-12-20-22(15-18)26-21-14-16(3)9-11-19(21)24-20;/h9-12,14-15,17H,5-8,13H2,1-4H3;1H. The summed E-state index contributed by atoms with van der Waals surface area (Å²) in [6.45, 7) is 12.3. The fraction of sp³-hybridized carbons (Fsp3) is 0.455. The molecule has 1 heterocycles. The van der Waals surface area contributed by atoms with Crippen molar-refractivity contribution in [2.45, 2.75) is 46.6 Å². The Morgan fingerprint density at radius 1 is 1.11 bits per heavy atom. The van der Waals surface area contributed by atoms with E-state index in [1.165, 1.54) is 39.3 Å². The summed E-state index contributed by atoms with van der Waals surface area (Å²) in [5, 5.41) is 1.09. The van der Waals surface area contributed by atoms with E-state index in [4.69, 9.17) is 4.99 Å². The zero-order valence-electron chi connectivity index (χ0n) is 16.8. The number of benzene rings is 2. The fourth-order valence-corrected chi connectivity index (χ4v) is 4.45. The smallest absolute Gasteiger partial charge is 0.221 e. The van der Waals surface area contributed by atoms with E-state index >= 15 is 0 Å². The molecule has 1 aromatic carbocycles. The van der Waals surface area contributed by atoms with Gasteiger partial charge in [0, 0.05) is 18.2 Å². The second-order valence-electron chi connectivity index (χ2n) is 7.05. The lowest BCUT2D eigenvalue weighted by molar-refractivity contribution is -0.330. The quantitative estimate of drug-likeness (QED) is 0.362. The minimum Gasteiger partial charge on any atom is -1.00 e. The summed E-state index contributed by atoms with van der Waals surface area (Å²) in [5.41, 5.74) is 3.67. The molecule has 0 radical (unpaired) electrons. The maximum absolute atomic E-state index is 4.93. The van der Waals surface area contributed by atoms with Crippen LogP contribution in [-0.4, -0.2) is 30.6 Å². The number of hydrogen-bond donors (Lipinski definition) is 0. The van der Waals surface area contributed by atoms with E-state index < -0.39 is 0 Å². The van der Waals surface area contributed by atoms with Crippen LogP contribution in [0, 0.1) is 6.92 Å². The summed E-state index contributed by atoms with van der Waals surface area (Å²) in [7, 11) is 0. The summed E-state index contributed by atoms with van der Waals surface area (Å²) in [6, 6.07) is 13.4. The Kier molecular flexibility index (Phi) is 8.63. The normalized spacial score (nSPS) is 13.3. The number of nitrogens with zero attached hydrogens (tertiary/aromatic N) is 2. The van der Waals surface area contributed by atoms with Gasteiger partial charge in [-0.2, -0.15) is 0 Å². The van der Waals surface area contributed by atoms with Crippen molar-refractivity contribution in [2.24, 2.45) is 4.99 Å². The number of aromatic nitrogens is 1. The number of aromatic amines is 1. The number of H-pyrrole nitrogens is 1. The number of rotatable bonds is 7. The Balaban J connectivity index is 0.00000261. The molecular formula is C22H30IN3S. The van der Waals surface area contributed by atoms with Crippen LogP contribution in [0.5, 0.6) is 0 Å². The van der Waals surface area contributed by atoms with E-state index in [1.807, 2.05) is 11.3 Å². The number of hydrogen-bond acceptors (Lipinski definition) is 3. The largest absolute Gasteiger partial charge is 1.00 e. The van der Waals surface area contributed by atoms with Crippen molar-refractivity contribution in [2.75, 3.05) is 19.6 Å². The van der Waals surface area contributed by atoms with Crippen LogP contribution in [0.25, 0.3) is 20.8 Å². The number of fused-ring (bicyclic) bond motifs is 2. The zero-order valence-corrected chi connectivity index (χ0v) is 19.7. The van der Waals surface area contributed by atoms with E-state index in [2.05, 4.69) is 74.0 Å². The van der Waals surface area contributed by atoms with E-state index in [0.29, 0.717) is 6.04 Å². The second kappa shape index (κ2) is 10.5. The van der Waals surface area contributed by atoms with Gasteiger partial charge in [0.1, 0.15) is 4.88 Å². The summed E-state index contributed by atoms with van der Waals surface area (Å²) in [4.78, 5) is 12.2. The van der Waals surface area contributed by atoms with E-state index in [9.17, 15) is 0 Å². The predicted octanol–water partition coefficient (Wildman–Crippen LogP) is 1.54. The average molecular weight is 495 g/mol. The summed E-state index contributed by atoms with van der Waals surface area (Å²) < 4.78 is 1.29. The van der Waals surface area contributed by atoms with Gasteiger partial charge in [-0.05, 0) is 70.1 Å². The molecule has 3 nitrogen and oxygen atoms in total. The second-order valence-corrected chi connectivity index (χ2v) is 8.14. The Hall–Kier alpha value is -1.05. The van der Waals surface area contributed by atoms with Gasteiger partial charge >= 0.3 is 0 Å². The van der Waals surface area contributed by atoms with Crippen LogP contribution in [-0.2, 0) is 0 Å². The first-order valence-electron chi connectivity index (χ1n) is 9.71. The van der Waals surface area contributed by atoms with Gasteiger partial charge in [-0.3, -0.25) is 4.99 Å². The average Bonchev–Trinajstić information content (AvgIpc) is 2.63. The molecule has 1 atom stereocenters. The monoisotopic (exact) mass is 495 g/mol. The van der Waals surface area contributed by atoms with E-state index in [0.717, 1.165) is 24.9 Å².